The van der Waals surface area contributed by atoms with Crippen LogP contribution in [0, 0.1) is 11.8 Å². The Kier molecular flexibility index (Phi) is 5.65. The van der Waals surface area contributed by atoms with Gasteiger partial charge in [0, 0.05) is 24.0 Å². The number of primary amides is 1. The van der Waals surface area contributed by atoms with Crippen molar-refractivity contribution in [3.05, 3.63) is 93.7 Å². The number of aryl methyl sites for hydroxylation is 2. The van der Waals surface area contributed by atoms with E-state index >= 15 is 0 Å². The van der Waals surface area contributed by atoms with E-state index in [0.29, 0.717) is 22.2 Å². The second-order valence-electron chi connectivity index (χ2n) is 7.68. The maximum Gasteiger partial charge on any atom is 0.264 e. The van der Waals surface area contributed by atoms with Gasteiger partial charge in [0.2, 0.25) is 5.91 Å². The molecule has 0 spiro atoms. The van der Waals surface area contributed by atoms with Crippen molar-refractivity contribution in [1.82, 2.24) is 14.3 Å². The maximum absolute atomic E-state index is 13.6. The van der Waals surface area contributed by atoms with Crippen molar-refractivity contribution in [2.45, 2.75) is 26.2 Å². The average molecular weight is 425 g/mol. The number of rotatable bonds is 4. The first-order valence-electron chi connectivity index (χ1n) is 10.5. The van der Waals surface area contributed by atoms with Crippen LogP contribution in [0.25, 0.3) is 16.5 Å². The number of pyridine rings is 1. The SMILES string of the molecule is CCc1cc2cccc(C#Cc3cnn(C)c3C(C)C(N)=O)c2c(=O)n1-c1ccccc1. The molecule has 0 saturated carbocycles. The Morgan fingerprint density at radius 1 is 1.09 bits per heavy atom. The number of aromatic nitrogens is 3. The molecule has 2 aromatic carbocycles. The normalized spacial score (nSPS) is 11.7. The van der Waals surface area contributed by atoms with Gasteiger partial charge in [0.05, 0.1) is 28.8 Å². The molecule has 0 fully saturated rings. The molecule has 1 unspecified atom stereocenters. The Hall–Kier alpha value is -4.11. The Labute approximate surface area is 186 Å². The summed E-state index contributed by atoms with van der Waals surface area (Å²) in [5.41, 5.74) is 9.04. The summed E-state index contributed by atoms with van der Waals surface area (Å²) in [5, 5.41) is 5.64. The molecule has 1 amide bonds. The quantitative estimate of drug-likeness (QED) is 0.511. The summed E-state index contributed by atoms with van der Waals surface area (Å²) in [7, 11) is 1.75. The lowest BCUT2D eigenvalue weighted by Crippen LogP contribution is -2.22. The predicted molar refractivity (Wildman–Crippen MR) is 126 cm³/mol. The van der Waals surface area contributed by atoms with Gasteiger partial charge in [0.15, 0.2) is 0 Å². The van der Waals surface area contributed by atoms with Gasteiger partial charge in [0.25, 0.3) is 5.56 Å². The van der Waals surface area contributed by atoms with Gasteiger partial charge < -0.3 is 5.73 Å². The molecular weight excluding hydrogens is 400 g/mol. The zero-order valence-electron chi connectivity index (χ0n) is 18.3. The molecule has 2 N–H and O–H groups in total. The third-order valence-corrected chi connectivity index (χ3v) is 5.65. The largest absolute Gasteiger partial charge is 0.369 e. The van der Waals surface area contributed by atoms with E-state index in [0.717, 1.165) is 23.2 Å². The molecule has 0 aliphatic rings. The van der Waals surface area contributed by atoms with Crippen LogP contribution in [0.15, 0.2) is 65.6 Å². The minimum Gasteiger partial charge on any atom is -0.369 e. The van der Waals surface area contributed by atoms with E-state index in [9.17, 15) is 9.59 Å². The van der Waals surface area contributed by atoms with Gasteiger partial charge in [-0.05, 0) is 43.0 Å². The minimum absolute atomic E-state index is 0.104. The molecule has 4 rings (SSSR count). The van der Waals surface area contributed by atoms with Crippen LogP contribution < -0.4 is 11.3 Å². The number of carbonyl (C=O) groups excluding carboxylic acids is 1. The molecule has 2 aromatic heterocycles. The van der Waals surface area contributed by atoms with Crippen LogP contribution in [0.3, 0.4) is 0 Å². The van der Waals surface area contributed by atoms with Gasteiger partial charge in [-0.15, -0.1) is 0 Å². The Morgan fingerprint density at radius 3 is 2.50 bits per heavy atom. The highest BCUT2D eigenvalue weighted by atomic mass is 16.1. The molecule has 32 heavy (non-hydrogen) atoms. The number of hydrogen-bond acceptors (Lipinski definition) is 3. The van der Waals surface area contributed by atoms with Crippen molar-refractivity contribution >= 4 is 16.7 Å². The first-order valence-corrected chi connectivity index (χ1v) is 10.5. The van der Waals surface area contributed by atoms with Crippen LogP contribution in [0.4, 0.5) is 0 Å². The average Bonchev–Trinajstić information content (AvgIpc) is 3.17. The van der Waals surface area contributed by atoms with Gasteiger partial charge in [-0.1, -0.05) is 49.1 Å². The number of nitrogens with two attached hydrogens (primary N) is 1. The summed E-state index contributed by atoms with van der Waals surface area (Å²) in [6.07, 6.45) is 2.34. The lowest BCUT2D eigenvalue weighted by molar-refractivity contribution is -0.119. The smallest absolute Gasteiger partial charge is 0.264 e. The number of amides is 1. The van der Waals surface area contributed by atoms with E-state index in [1.165, 1.54) is 0 Å². The summed E-state index contributed by atoms with van der Waals surface area (Å²) in [6.45, 7) is 3.76. The number of nitrogens with zero attached hydrogens (tertiary/aromatic N) is 3. The van der Waals surface area contributed by atoms with E-state index in [1.807, 2.05) is 61.5 Å². The summed E-state index contributed by atoms with van der Waals surface area (Å²) in [5.74, 6) is 5.27. The number of para-hydroxylation sites is 1. The van der Waals surface area contributed by atoms with E-state index in [1.54, 1.807) is 29.4 Å². The first-order chi connectivity index (χ1) is 15.4. The zero-order valence-corrected chi connectivity index (χ0v) is 18.3. The number of carbonyl (C=O) groups is 1. The minimum atomic E-state index is -0.526. The number of fused-ring (bicyclic) bond motifs is 1. The van der Waals surface area contributed by atoms with Crippen LogP contribution in [0.5, 0.6) is 0 Å². The van der Waals surface area contributed by atoms with Crippen molar-refractivity contribution in [1.29, 1.82) is 0 Å². The van der Waals surface area contributed by atoms with Crippen molar-refractivity contribution in [2.75, 3.05) is 0 Å². The number of hydrogen-bond donors (Lipinski definition) is 1. The maximum atomic E-state index is 13.6. The molecule has 2 heterocycles. The molecule has 1 atom stereocenters. The molecule has 0 saturated heterocycles. The Morgan fingerprint density at radius 2 is 1.81 bits per heavy atom. The fourth-order valence-electron chi connectivity index (χ4n) is 3.97. The number of benzene rings is 2. The van der Waals surface area contributed by atoms with Gasteiger partial charge in [-0.3, -0.25) is 18.8 Å². The van der Waals surface area contributed by atoms with Gasteiger partial charge in [-0.2, -0.15) is 5.10 Å². The highest BCUT2D eigenvalue weighted by Gasteiger charge is 2.19. The van der Waals surface area contributed by atoms with Crippen molar-refractivity contribution in [3.8, 4) is 17.5 Å². The highest BCUT2D eigenvalue weighted by molar-refractivity contribution is 5.88. The first kappa shape index (κ1) is 21.1. The summed E-state index contributed by atoms with van der Waals surface area (Å²) in [6, 6.07) is 17.3. The molecule has 0 bridgehead atoms. The topological polar surface area (TPSA) is 82.9 Å². The molecular formula is C26H24N4O2. The standard InChI is InChI=1S/C26H24N4O2/c1-4-21-15-19-10-8-9-18(23(19)26(32)30(21)22-11-6-5-7-12-22)13-14-20-16-28-29(3)24(20)17(2)25(27)31/h5-12,15-17H,4H2,1-3H3,(H2,27,31). The molecule has 6 nitrogen and oxygen atoms in total. The van der Waals surface area contributed by atoms with Crippen molar-refractivity contribution in [2.24, 2.45) is 12.8 Å². The lowest BCUT2D eigenvalue weighted by atomic mass is 10.0. The molecule has 4 aromatic rings. The molecule has 0 radical (unpaired) electrons. The second-order valence-corrected chi connectivity index (χ2v) is 7.68. The van der Waals surface area contributed by atoms with Gasteiger partial charge in [0.1, 0.15) is 0 Å². The van der Waals surface area contributed by atoms with Crippen molar-refractivity contribution in [3.63, 3.8) is 0 Å². The fourth-order valence-corrected chi connectivity index (χ4v) is 3.97. The van der Waals surface area contributed by atoms with Crippen molar-refractivity contribution < 1.29 is 4.79 Å². The lowest BCUT2D eigenvalue weighted by Gasteiger charge is -2.14. The van der Waals surface area contributed by atoms with E-state index in [2.05, 4.69) is 16.9 Å². The van der Waals surface area contributed by atoms with E-state index in [-0.39, 0.29) is 5.56 Å². The summed E-state index contributed by atoms with van der Waals surface area (Å²) >= 11 is 0. The van der Waals surface area contributed by atoms with E-state index < -0.39 is 11.8 Å². The Bertz CT molecular complexity index is 1440. The highest BCUT2D eigenvalue weighted by Crippen LogP contribution is 2.21. The zero-order chi connectivity index (χ0) is 22.8. The van der Waals surface area contributed by atoms with Crippen LogP contribution in [-0.4, -0.2) is 20.3 Å². The molecule has 0 aliphatic carbocycles. The second kappa shape index (κ2) is 8.56. The van der Waals surface area contributed by atoms with E-state index in [4.69, 9.17) is 5.73 Å². The van der Waals surface area contributed by atoms with Gasteiger partial charge >= 0.3 is 0 Å². The third kappa shape index (κ3) is 3.69. The van der Waals surface area contributed by atoms with Crippen LogP contribution in [0.1, 0.15) is 42.3 Å². The van der Waals surface area contributed by atoms with Crippen LogP contribution in [0.2, 0.25) is 0 Å². The van der Waals surface area contributed by atoms with Crippen LogP contribution in [-0.2, 0) is 18.3 Å². The summed E-state index contributed by atoms with van der Waals surface area (Å²) in [4.78, 5) is 25.3. The van der Waals surface area contributed by atoms with Gasteiger partial charge in [-0.25, -0.2) is 0 Å². The molecule has 0 aliphatic heterocycles. The van der Waals surface area contributed by atoms with Crippen LogP contribution >= 0.6 is 0 Å². The summed E-state index contributed by atoms with van der Waals surface area (Å²) < 4.78 is 3.36. The fraction of sp³-hybridized carbons (Fsp3) is 0.192. The Balaban J connectivity index is 1.93. The third-order valence-electron chi connectivity index (χ3n) is 5.65. The predicted octanol–water partition coefficient (Wildman–Crippen LogP) is 3.28. The molecule has 160 valence electrons. The molecule has 6 heteroatoms. The monoisotopic (exact) mass is 424 g/mol.